The van der Waals surface area contributed by atoms with Gasteiger partial charge in [0.25, 0.3) is 10.0 Å². The Morgan fingerprint density at radius 1 is 0.917 bits per heavy atom. The molecule has 0 aliphatic heterocycles. The fourth-order valence-corrected chi connectivity index (χ4v) is 5.29. The quantitative estimate of drug-likeness (QED) is 0.452. The normalized spacial score (nSPS) is 11.0. The molecule has 0 saturated carbocycles. The molecule has 9 nitrogen and oxygen atoms in total. The summed E-state index contributed by atoms with van der Waals surface area (Å²) in [6, 6.07) is 14.3. The van der Waals surface area contributed by atoms with Gasteiger partial charge < -0.3 is 20.5 Å². The number of hydrogen-bond donors (Lipinski definition) is 2. The molecule has 3 aromatic rings. The summed E-state index contributed by atoms with van der Waals surface area (Å²) in [5.74, 6) is -0.612. The van der Waals surface area contributed by atoms with Crippen LogP contribution in [0.5, 0.6) is 11.5 Å². The van der Waals surface area contributed by atoms with Crippen LogP contribution < -0.4 is 24.8 Å². The number of sulfonamides is 1. The fourth-order valence-electron chi connectivity index (χ4n) is 3.87. The molecule has 3 N–H and O–H groups in total. The van der Waals surface area contributed by atoms with Crippen molar-refractivity contribution in [3.05, 3.63) is 76.9 Å². The zero-order valence-corrected chi connectivity index (χ0v) is 21.6. The monoisotopic (exact) mass is 511 g/mol. The van der Waals surface area contributed by atoms with Crippen LogP contribution in [0.4, 0.5) is 11.4 Å². The fraction of sp³-hybridized carbons (Fsp3) is 0.231. The molecule has 0 unspecified atom stereocenters. The highest BCUT2D eigenvalue weighted by Gasteiger charge is 2.29. The zero-order chi connectivity index (χ0) is 26.6. The number of nitrogens with two attached hydrogens (primary N) is 1. The van der Waals surface area contributed by atoms with Crippen LogP contribution in [0.1, 0.15) is 27.0 Å². The number of carbonyl (C=O) groups excluding carboxylic acids is 2. The van der Waals surface area contributed by atoms with Gasteiger partial charge in [0.2, 0.25) is 11.8 Å². The van der Waals surface area contributed by atoms with Crippen molar-refractivity contribution in [1.29, 1.82) is 0 Å². The smallest absolute Gasteiger partial charge is 0.264 e. The summed E-state index contributed by atoms with van der Waals surface area (Å²) in [5, 5.41) is 2.70. The van der Waals surface area contributed by atoms with E-state index in [1.54, 1.807) is 37.3 Å². The van der Waals surface area contributed by atoms with Crippen LogP contribution in [0.15, 0.2) is 59.5 Å². The van der Waals surface area contributed by atoms with Gasteiger partial charge in [0.1, 0.15) is 6.54 Å². The van der Waals surface area contributed by atoms with Gasteiger partial charge in [-0.05, 0) is 73.9 Å². The summed E-state index contributed by atoms with van der Waals surface area (Å²) in [4.78, 5) is 24.7. The second kappa shape index (κ2) is 10.7. The van der Waals surface area contributed by atoms with E-state index in [9.17, 15) is 18.0 Å². The van der Waals surface area contributed by atoms with E-state index in [0.29, 0.717) is 22.7 Å². The lowest BCUT2D eigenvalue weighted by atomic mass is 10.1. The van der Waals surface area contributed by atoms with Gasteiger partial charge in [-0.3, -0.25) is 13.9 Å². The van der Waals surface area contributed by atoms with Gasteiger partial charge in [0, 0.05) is 17.3 Å². The predicted molar refractivity (Wildman–Crippen MR) is 138 cm³/mol. The van der Waals surface area contributed by atoms with Gasteiger partial charge in [-0.2, -0.15) is 0 Å². The molecule has 0 aliphatic rings. The molecule has 0 heterocycles. The summed E-state index contributed by atoms with van der Waals surface area (Å²) in [5.41, 5.74) is 8.52. The minimum atomic E-state index is -4.20. The Morgan fingerprint density at radius 3 is 2.14 bits per heavy atom. The number of anilines is 2. The van der Waals surface area contributed by atoms with E-state index in [4.69, 9.17) is 15.2 Å². The van der Waals surface area contributed by atoms with Crippen LogP contribution in [0.2, 0.25) is 0 Å². The van der Waals surface area contributed by atoms with Gasteiger partial charge in [0.05, 0.1) is 24.8 Å². The molecule has 0 radical (unpaired) electrons. The van der Waals surface area contributed by atoms with Crippen molar-refractivity contribution in [2.45, 2.75) is 25.7 Å². The maximum atomic E-state index is 13.8. The number of ether oxygens (including phenoxy) is 2. The topological polar surface area (TPSA) is 128 Å². The van der Waals surface area contributed by atoms with Crippen LogP contribution >= 0.6 is 0 Å². The number of hydrogen-bond acceptors (Lipinski definition) is 6. The van der Waals surface area contributed by atoms with Crippen LogP contribution in [-0.4, -0.2) is 41.0 Å². The van der Waals surface area contributed by atoms with E-state index in [2.05, 4.69) is 5.32 Å². The second-order valence-corrected chi connectivity index (χ2v) is 10.1. The SMILES string of the molecule is COc1ccc(S(=O)(=O)N(CC(=O)Nc2cccc(C(N)=O)c2C)c2cc(C)cc(C)c2)cc1OC. The summed E-state index contributed by atoms with van der Waals surface area (Å²) >= 11 is 0. The van der Waals surface area contributed by atoms with Crippen molar-refractivity contribution in [2.24, 2.45) is 5.73 Å². The minimum absolute atomic E-state index is 0.0704. The van der Waals surface area contributed by atoms with Gasteiger partial charge in [-0.25, -0.2) is 8.42 Å². The molecule has 0 spiro atoms. The predicted octanol–water partition coefficient (Wildman–Crippen LogP) is 3.56. The highest BCUT2D eigenvalue weighted by Crippen LogP contribution is 2.33. The average molecular weight is 512 g/mol. The molecule has 0 aromatic heterocycles. The molecular weight excluding hydrogens is 482 g/mol. The van der Waals surface area contributed by atoms with Crippen LogP contribution in [0.3, 0.4) is 0 Å². The Kier molecular flexibility index (Phi) is 7.89. The number of methoxy groups -OCH3 is 2. The minimum Gasteiger partial charge on any atom is -0.493 e. The third-order valence-corrected chi connectivity index (χ3v) is 7.37. The van der Waals surface area contributed by atoms with E-state index in [0.717, 1.165) is 15.4 Å². The highest BCUT2D eigenvalue weighted by molar-refractivity contribution is 7.92. The molecular formula is C26H29N3O6S. The van der Waals surface area contributed by atoms with Gasteiger partial charge in [0.15, 0.2) is 11.5 Å². The lowest BCUT2D eigenvalue weighted by Gasteiger charge is -2.25. The number of nitrogens with zero attached hydrogens (tertiary/aromatic N) is 1. The number of rotatable bonds is 9. The molecule has 0 atom stereocenters. The third-order valence-electron chi connectivity index (χ3n) is 5.60. The third kappa shape index (κ3) is 5.60. The Labute approximate surface area is 210 Å². The maximum Gasteiger partial charge on any atom is 0.264 e. The van der Waals surface area contributed by atoms with Crippen molar-refractivity contribution < 1.29 is 27.5 Å². The Hall–Kier alpha value is -4.05. The zero-order valence-electron chi connectivity index (χ0n) is 20.8. The van der Waals surface area contributed by atoms with Crippen LogP contribution in [0.25, 0.3) is 0 Å². The summed E-state index contributed by atoms with van der Waals surface area (Å²) in [6.45, 7) is 4.82. The van der Waals surface area contributed by atoms with Crippen molar-refractivity contribution in [2.75, 3.05) is 30.4 Å². The Balaban J connectivity index is 2.05. The number of nitrogens with one attached hydrogen (secondary N) is 1. The summed E-state index contributed by atoms with van der Waals surface area (Å²) < 4.78 is 39.2. The highest BCUT2D eigenvalue weighted by atomic mass is 32.2. The molecule has 0 saturated heterocycles. The lowest BCUT2D eigenvalue weighted by molar-refractivity contribution is -0.114. The molecule has 2 amide bonds. The van der Waals surface area contributed by atoms with Crippen LogP contribution in [-0.2, 0) is 14.8 Å². The number of amides is 2. The number of benzene rings is 3. The van der Waals surface area contributed by atoms with E-state index < -0.39 is 28.4 Å². The molecule has 0 fully saturated rings. The number of aryl methyl sites for hydroxylation is 2. The van der Waals surface area contributed by atoms with Gasteiger partial charge >= 0.3 is 0 Å². The van der Waals surface area contributed by atoms with E-state index in [1.807, 2.05) is 19.9 Å². The van der Waals surface area contributed by atoms with Crippen molar-refractivity contribution >= 4 is 33.2 Å². The van der Waals surface area contributed by atoms with Gasteiger partial charge in [-0.15, -0.1) is 0 Å². The summed E-state index contributed by atoms with van der Waals surface area (Å²) in [6.07, 6.45) is 0. The van der Waals surface area contributed by atoms with Crippen LogP contribution in [0, 0.1) is 20.8 Å². The summed E-state index contributed by atoms with van der Waals surface area (Å²) in [7, 11) is -1.34. The number of carbonyl (C=O) groups is 2. The standard InChI is InChI=1S/C26H29N3O6S/c1-16-11-17(2)13-19(12-16)29(36(32,33)20-9-10-23(34-4)24(14-20)35-5)15-25(30)28-22-8-6-7-21(18(22)3)26(27)31/h6-14H,15H2,1-5H3,(H2,27,31)(H,28,30). The molecule has 3 aromatic carbocycles. The molecule has 10 heteroatoms. The average Bonchev–Trinajstić information content (AvgIpc) is 2.82. The Bertz CT molecular complexity index is 1400. The number of primary amides is 1. The van der Waals surface area contributed by atoms with E-state index >= 15 is 0 Å². The molecule has 190 valence electrons. The first-order valence-electron chi connectivity index (χ1n) is 11.0. The van der Waals surface area contributed by atoms with E-state index in [1.165, 1.54) is 32.4 Å². The van der Waals surface area contributed by atoms with Gasteiger partial charge in [-0.1, -0.05) is 12.1 Å². The molecule has 3 rings (SSSR count). The lowest BCUT2D eigenvalue weighted by Crippen LogP contribution is -2.38. The first-order valence-corrected chi connectivity index (χ1v) is 12.4. The van der Waals surface area contributed by atoms with Crippen molar-refractivity contribution in [3.63, 3.8) is 0 Å². The molecule has 36 heavy (non-hydrogen) atoms. The maximum absolute atomic E-state index is 13.8. The molecule has 0 aliphatic carbocycles. The van der Waals surface area contributed by atoms with Crippen molar-refractivity contribution in [3.8, 4) is 11.5 Å². The second-order valence-electron chi connectivity index (χ2n) is 8.26. The van der Waals surface area contributed by atoms with E-state index in [-0.39, 0.29) is 16.2 Å². The Morgan fingerprint density at radius 2 is 1.56 bits per heavy atom. The first kappa shape index (κ1) is 26.6. The first-order chi connectivity index (χ1) is 17.0. The van der Waals surface area contributed by atoms with Crippen molar-refractivity contribution in [1.82, 2.24) is 0 Å². The largest absolute Gasteiger partial charge is 0.493 e. The molecule has 0 bridgehead atoms.